The molecule has 2 aromatic heterocycles. The second kappa shape index (κ2) is 8.63. The van der Waals surface area contributed by atoms with Gasteiger partial charge in [-0.05, 0) is 45.3 Å². The minimum Gasteiger partial charge on any atom is -0.354 e. The van der Waals surface area contributed by atoms with Gasteiger partial charge in [0.15, 0.2) is 0 Å². The predicted octanol–water partition coefficient (Wildman–Crippen LogP) is 3.18. The lowest BCUT2D eigenvalue weighted by atomic mass is 10.1. The second-order valence-corrected chi connectivity index (χ2v) is 8.18. The molecule has 0 aliphatic heterocycles. The third-order valence-corrected chi connectivity index (χ3v) is 5.37. The SMILES string of the molecule is Cc1nn(CC(C)C)c(C)c1CC(=O)NCC(c1cccs1)N(C)C. The number of carbonyl (C=O) groups is 1. The molecule has 0 radical (unpaired) electrons. The molecule has 0 saturated heterocycles. The average Bonchev–Trinajstić information content (AvgIpc) is 3.12. The monoisotopic (exact) mass is 362 g/mol. The number of carbonyl (C=O) groups excluding carboxylic acids is 1. The van der Waals surface area contributed by atoms with Crippen molar-refractivity contribution in [3.63, 3.8) is 0 Å². The van der Waals surface area contributed by atoms with Crippen molar-refractivity contribution in [2.75, 3.05) is 20.6 Å². The zero-order chi connectivity index (χ0) is 18.6. The maximum absolute atomic E-state index is 12.5. The van der Waals surface area contributed by atoms with Gasteiger partial charge in [0.1, 0.15) is 0 Å². The van der Waals surface area contributed by atoms with Gasteiger partial charge in [0.2, 0.25) is 5.91 Å². The number of nitrogens with zero attached hydrogens (tertiary/aromatic N) is 3. The van der Waals surface area contributed by atoms with Gasteiger partial charge in [0.25, 0.3) is 0 Å². The first-order valence-corrected chi connectivity index (χ1v) is 9.67. The number of nitrogens with one attached hydrogen (secondary N) is 1. The maximum atomic E-state index is 12.5. The molecule has 138 valence electrons. The van der Waals surface area contributed by atoms with E-state index in [4.69, 9.17) is 0 Å². The van der Waals surface area contributed by atoms with Crippen LogP contribution in [0.3, 0.4) is 0 Å². The van der Waals surface area contributed by atoms with Crippen LogP contribution in [-0.4, -0.2) is 41.2 Å². The zero-order valence-electron chi connectivity index (χ0n) is 16.2. The molecule has 2 rings (SSSR count). The number of aryl methyl sites for hydroxylation is 1. The summed E-state index contributed by atoms with van der Waals surface area (Å²) in [4.78, 5) is 15.9. The summed E-state index contributed by atoms with van der Waals surface area (Å²) in [6, 6.07) is 4.37. The van der Waals surface area contributed by atoms with Crippen molar-refractivity contribution in [2.24, 2.45) is 5.92 Å². The molecule has 0 aliphatic carbocycles. The summed E-state index contributed by atoms with van der Waals surface area (Å²) in [7, 11) is 4.08. The lowest BCUT2D eigenvalue weighted by Crippen LogP contribution is -2.35. The van der Waals surface area contributed by atoms with E-state index in [2.05, 4.69) is 47.5 Å². The molecular weight excluding hydrogens is 332 g/mol. The van der Waals surface area contributed by atoms with E-state index in [9.17, 15) is 4.79 Å². The van der Waals surface area contributed by atoms with Crippen LogP contribution in [-0.2, 0) is 17.8 Å². The first-order chi connectivity index (χ1) is 11.8. The topological polar surface area (TPSA) is 50.2 Å². The molecular formula is C19H30N4OS. The Balaban J connectivity index is 1.99. The first kappa shape index (κ1) is 19.7. The Labute approximate surface area is 155 Å². The average molecular weight is 363 g/mol. The molecule has 1 N–H and O–H groups in total. The van der Waals surface area contributed by atoms with Gasteiger partial charge in [-0.3, -0.25) is 9.48 Å². The van der Waals surface area contributed by atoms with Crippen LogP contribution in [0.1, 0.15) is 41.7 Å². The molecule has 0 fully saturated rings. The van der Waals surface area contributed by atoms with Crippen LogP contribution >= 0.6 is 11.3 Å². The predicted molar refractivity (Wildman–Crippen MR) is 104 cm³/mol. The number of hydrogen-bond donors (Lipinski definition) is 1. The van der Waals surface area contributed by atoms with Crippen molar-refractivity contribution in [1.29, 1.82) is 0 Å². The van der Waals surface area contributed by atoms with Crippen molar-refractivity contribution >= 4 is 17.2 Å². The highest BCUT2D eigenvalue weighted by Gasteiger charge is 2.19. The largest absolute Gasteiger partial charge is 0.354 e. The fourth-order valence-electron chi connectivity index (χ4n) is 2.97. The van der Waals surface area contributed by atoms with E-state index < -0.39 is 0 Å². The van der Waals surface area contributed by atoms with Crippen LogP contribution < -0.4 is 5.32 Å². The highest BCUT2D eigenvalue weighted by atomic mass is 32.1. The highest BCUT2D eigenvalue weighted by molar-refractivity contribution is 7.10. The summed E-state index contributed by atoms with van der Waals surface area (Å²) in [5, 5.41) is 9.76. The lowest BCUT2D eigenvalue weighted by molar-refractivity contribution is -0.120. The Morgan fingerprint density at radius 1 is 1.36 bits per heavy atom. The Morgan fingerprint density at radius 2 is 2.08 bits per heavy atom. The van der Waals surface area contributed by atoms with Crippen LogP contribution in [0.4, 0.5) is 0 Å². The molecule has 2 aromatic rings. The van der Waals surface area contributed by atoms with Crippen molar-refractivity contribution in [3.8, 4) is 0 Å². The van der Waals surface area contributed by atoms with Gasteiger partial charge < -0.3 is 10.2 Å². The molecule has 0 saturated carbocycles. The molecule has 5 nitrogen and oxygen atoms in total. The minimum absolute atomic E-state index is 0.0544. The van der Waals surface area contributed by atoms with Crippen molar-refractivity contribution in [3.05, 3.63) is 39.3 Å². The molecule has 2 heterocycles. The lowest BCUT2D eigenvalue weighted by Gasteiger charge is -2.23. The van der Waals surface area contributed by atoms with E-state index in [0.717, 1.165) is 23.5 Å². The van der Waals surface area contributed by atoms with E-state index in [-0.39, 0.29) is 11.9 Å². The van der Waals surface area contributed by atoms with Crippen LogP contribution in [0.25, 0.3) is 0 Å². The van der Waals surface area contributed by atoms with E-state index in [0.29, 0.717) is 18.9 Å². The number of aromatic nitrogens is 2. The fraction of sp³-hybridized carbons (Fsp3) is 0.579. The normalized spacial score (nSPS) is 12.8. The number of amides is 1. The van der Waals surface area contributed by atoms with Crippen LogP contribution in [0.15, 0.2) is 17.5 Å². The Kier molecular flexibility index (Phi) is 6.79. The van der Waals surface area contributed by atoms with Gasteiger partial charge in [-0.25, -0.2) is 0 Å². The van der Waals surface area contributed by atoms with Crippen molar-refractivity contribution in [1.82, 2.24) is 20.0 Å². The number of rotatable bonds is 8. The molecule has 1 amide bonds. The van der Waals surface area contributed by atoms with Gasteiger partial charge in [-0.1, -0.05) is 19.9 Å². The Bertz CT molecular complexity index is 689. The van der Waals surface area contributed by atoms with Crippen molar-refractivity contribution in [2.45, 2.75) is 46.7 Å². The molecule has 0 aromatic carbocycles. The van der Waals surface area contributed by atoms with E-state index in [1.165, 1.54) is 4.88 Å². The van der Waals surface area contributed by atoms with Gasteiger partial charge in [-0.15, -0.1) is 11.3 Å². The third kappa shape index (κ3) is 5.16. The summed E-state index contributed by atoms with van der Waals surface area (Å²) in [5.74, 6) is 0.588. The maximum Gasteiger partial charge on any atom is 0.224 e. The molecule has 25 heavy (non-hydrogen) atoms. The summed E-state index contributed by atoms with van der Waals surface area (Å²) in [6.07, 6.45) is 0.389. The van der Waals surface area contributed by atoms with Gasteiger partial charge >= 0.3 is 0 Å². The van der Waals surface area contributed by atoms with Crippen LogP contribution in [0.2, 0.25) is 0 Å². The quantitative estimate of drug-likeness (QED) is 0.785. The van der Waals surface area contributed by atoms with E-state index >= 15 is 0 Å². The van der Waals surface area contributed by atoms with E-state index in [1.54, 1.807) is 11.3 Å². The van der Waals surface area contributed by atoms with Crippen LogP contribution in [0.5, 0.6) is 0 Å². The van der Waals surface area contributed by atoms with Crippen molar-refractivity contribution < 1.29 is 4.79 Å². The third-order valence-electron chi connectivity index (χ3n) is 4.39. The second-order valence-electron chi connectivity index (χ2n) is 7.20. The van der Waals surface area contributed by atoms with Gasteiger partial charge in [-0.2, -0.15) is 5.10 Å². The summed E-state index contributed by atoms with van der Waals surface area (Å²) < 4.78 is 2.02. The number of thiophene rings is 1. The summed E-state index contributed by atoms with van der Waals surface area (Å²) in [5.41, 5.74) is 3.11. The molecule has 1 unspecified atom stereocenters. The summed E-state index contributed by atoms with van der Waals surface area (Å²) >= 11 is 1.72. The minimum atomic E-state index is 0.0544. The molecule has 1 atom stereocenters. The highest BCUT2D eigenvalue weighted by Crippen LogP contribution is 2.22. The Hall–Kier alpha value is -1.66. The molecule has 0 spiro atoms. The molecule has 0 aliphatic rings. The summed E-state index contributed by atoms with van der Waals surface area (Å²) in [6.45, 7) is 9.89. The fourth-order valence-corrected chi connectivity index (χ4v) is 3.89. The van der Waals surface area contributed by atoms with Crippen LogP contribution in [0, 0.1) is 19.8 Å². The molecule has 0 bridgehead atoms. The smallest absolute Gasteiger partial charge is 0.224 e. The van der Waals surface area contributed by atoms with Gasteiger partial charge in [0, 0.05) is 29.2 Å². The van der Waals surface area contributed by atoms with E-state index in [1.807, 2.05) is 31.8 Å². The number of hydrogen-bond acceptors (Lipinski definition) is 4. The zero-order valence-corrected chi connectivity index (χ0v) is 17.0. The van der Waals surface area contributed by atoms with Gasteiger partial charge in [0.05, 0.1) is 18.2 Å². The molecule has 6 heteroatoms. The number of likely N-dealkylation sites (N-methyl/N-ethyl adjacent to an activating group) is 1. The standard InChI is InChI=1S/C19H30N4OS/c1-13(2)12-23-15(4)16(14(3)21-23)10-19(24)20-11-17(22(5)6)18-8-7-9-25-18/h7-9,13,17H,10-12H2,1-6H3,(H,20,24). The Morgan fingerprint density at radius 3 is 2.64 bits per heavy atom. The first-order valence-electron chi connectivity index (χ1n) is 8.79.